The van der Waals surface area contributed by atoms with Crippen LogP contribution in [0.25, 0.3) is 0 Å². The molecule has 1 aromatic heterocycles. The first-order chi connectivity index (χ1) is 8.66. The number of hydrogen-bond acceptors (Lipinski definition) is 4. The van der Waals surface area contributed by atoms with E-state index in [2.05, 4.69) is 15.6 Å². The zero-order valence-corrected chi connectivity index (χ0v) is 9.85. The average Bonchev–Trinajstić information content (AvgIpc) is 2.40. The molecule has 0 bridgehead atoms. The quantitative estimate of drug-likeness (QED) is 0.734. The summed E-state index contributed by atoms with van der Waals surface area (Å²) in [5.74, 6) is -1.16. The SMILES string of the molecule is O=C(O)c1ccc(NC(=O)C2CCCNC2)cn1. The third kappa shape index (κ3) is 3.04. The lowest BCUT2D eigenvalue weighted by Crippen LogP contribution is -2.37. The maximum atomic E-state index is 11.9. The molecule has 2 heterocycles. The van der Waals surface area contributed by atoms with Gasteiger partial charge in [0.2, 0.25) is 5.91 Å². The van der Waals surface area contributed by atoms with Gasteiger partial charge in [0, 0.05) is 6.54 Å². The van der Waals surface area contributed by atoms with Gasteiger partial charge in [0.25, 0.3) is 0 Å². The van der Waals surface area contributed by atoms with Gasteiger partial charge in [-0.25, -0.2) is 9.78 Å². The highest BCUT2D eigenvalue weighted by Crippen LogP contribution is 2.13. The minimum absolute atomic E-state index is 0.0297. The van der Waals surface area contributed by atoms with Crippen molar-refractivity contribution in [2.45, 2.75) is 12.8 Å². The Labute approximate surface area is 104 Å². The molecule has 1 fully saturated rings. The van der Waals surface area contributed by atoms with E-state index in [4.69, 9.17) is 5.11 Å². The highest BCUT2D eigenvalue weighted by molar-refractivity contribution is 5.93. The summed E-state index contributed by atoms with van der Waals surface area (Å²) in [6.45, 7) is 1.64. The van der Waals surface area contributed by atoms with Gasteiger partial charge >= 0.3 is 5.97 Å². The fourth-order valence-corrected chi connectivity index (χ4v) is 1.91. The Balaban J connectivity index is 1.96. The van der Waals surface area contributed by atoms with Crippen LogP contribution in [-0.4, -0.2) is 35.1 Å². The molecule has 0 aliphatic carbocycles. The van der Waals surface area contributed by atoms with Crippen LogP contribution in [0.2, 0.25) is 0 Å². The fraction of sp³-hybridized carbons (Fsp3) is 0.417. The first kappa shape index (κ1) is 12.5. The smallest absolute Gasteiger partial charge is 0.354 e. The van der Waals surface area contributed by atoms with Crippen molar-refractivity contribution in [3.8, 4) is 0 Å². The standard InChI is InChI=1S/C12H15N3O3/c16-11(8-2-1-5-13-6-8)15-9-3-4-10(12(17)18)14-7-9/h3-4,7-8,13H,1-2,5-6H2,(H,15,16)(H,17,18). The average molecular weight is 249 g/mol. The zero-order valence-electron chi connectivity index (χ0n) is 9.85. The maximum Gasteiger partial charge on any atom is 0.354 e. The lowest BCUT2D eigenvalue weighted by molar-refractivity contribution is -0.120. The van der Waals surface area contributed by atoms with Crippen molar-refractivity contribution < 1.29 is 14.7 Å². The number of carbonyl (C=O) groups is 2. The minimum atomic E-state index is -1.08. The molecule has 1 saturated heterocycles. The predicted octanol–water partition coefficient (Wildman–Crippen LogP) is 0.718. The lowest BCUT2D eigenvalue weighted by Gasteiger charge is -2.21. The Bertz CT molecular complexity index is 438. The molecule has 1 atom stereocenters. The number of pyridine rings is 1. The number of nitrogens with zero attached hydrogens (tertiary/aromatic N) is 1. The molecule has 0 spiro atoms. The van der Waals surface area contributed by atoms with Crippen LogP contribution >= 0.6 is 0 Å². The molecule has 2 rings (SSSR count). The molecule has 0 aromatic carbocycles. The number of anilines is 1. The van der Waals surface area contributed by atoms with Gasteiger partial charge in [-0.2, -0.15) is 0 Å². The number of piperidine rings is 1. The van der Waals surface area contributed by atoms with Gasteiger partial charge in [0.05, 0.1) is 17.8 Å². The van der Waals surface area contributed by atoms with Gasteiger partial charge in [-0.1, -0.05) is 0 Å². The van der Waals surface area contributed by atoms with Gasteiger partial charge in [-0.15, -0.1) is 0 Å². The molecule has 6 heteroatoms. The molecule has 6 nitrogen and oxygen atoms in total. The van der Waals surface area contributed by atoms with Gasteiger partial charge in [-0.3, -0.25) is 4.79 Å². The first-order valence-electron chi connectivity index (χ1n) is 5.88. The topological polar surface area (TPSA) is 91.3 Å². The van der Waals surface area contributed by atoms with Crippen molar-refractivity contribution in [3.05, 3.63) is 24.0 Å². The number of amides is 1. The van der Waals surface area contributed by atoms with Crippen molar-refractivity contribution in [2.24, 2.45) is 5.92 Å². The number of carbonyl (C=O) groups excluding carboxylic acids is 1. The summed E-state index contributed by atoms with van der Waals surface area (Å²) in [6.07, 6.45) is 3.23. The van der Waals surface area contributed by atoms with Crippen molar-refractivity contribution in [2.75, 3.05) is 18.4 Å². The van der Waals surface area contributed by atoms with Crippen LogP contribution in [0.5, 0.6) is 0 Å². The zero-order chi connectivity index (χ0) is 13.0. The summed E-state index contributed by atoms with van der Waals surface area (Å²) in [6, 6.07) is 2.92. The molecule has 1 aliphatic rings. The summed E-state index contributed by atoms with van der Waals surface area (Å²) in [5.41, 5.74) is 0.489. The molecule has 1 aliphatic heterocycles. The van der Waals surface area contributed by atoms with E-state index in [9.17, 15) is 9.59 Å². The second-order valence-corrected chi connectivity index (χ2v) is 4.27. The van der Waals surface area contributed by atoms with Crippen LogP contribution in [-0.2, 0) is 4.79 Å². The summed E-state index contributed by atoms with van der Waals surface area (Å²) in [4.78, 5) is 26.3. The van der Waals surface area contributed by atoms with E-state index < -0.39 is 5.97 Å². The molecule has 96 valence electrons. The molecule has 0 saturated carbocycles. The Hall–Kier alpha value is -1.95. The number of aromatic carboxylic acids is 1. The highest BCUT2D eigenvalue weighted by atomic mass is 16.4. The summed E-state index contributed by atoms with van der Waals surface area (Å²) in [7, 11) is 0. The highest BCUT2D eigenvalue weighted by Gasteiger charge is 2.20. The molecule has 1 aromatic rings. The largest absolute Gasteiger partial charge is 0.477 e. The Morgan fingerprint density at radius 1 is 1.44 bits per heavy atom. The van der Waals surface area contributed by atoms with E-state index in [1.165, 1.54) is 12.3 Å². The number of nitrogens with one attached hydrogen (secondary N) is 2. The van der Waals surface area contributed by atoms with E-state index in [0.717, 1.165) is 19.4 Å². The second kappa shape index (κ2) is 5.59. The number of rotatable bonds is 3. The molecular formula is C12H15N3O3. The molecule has 3 N–H and O–H groups in total. The molecular weight excluding hydrogens is 234 g/mol. The lowest BCUT2D eigenvalue weighted by atomic mass is 9.99. The third-order valence-corrected chi connectivity index (χ3v) is 2.92. The molecule has 1 unspecified atom stereocenters. The van der Waals surface area contributed by atoms with Crippen LogP contribution in [0.15, 0.2) is 18.3 Å². The maximum absolute atomic E-state index is 11.9. The molecule has 1 amide bonds. The Morgan fingerprint density at radius 3 is 2.83 bits per heavy atom. The third-order valence-electron chi connectivity index (χ3n) is 2.92. The van der Waals surface area contributed by atoms with Gasteiger partial charge < -0.3 is 15.7 Å². The van der Waals surface area contributed by atoms with E-state index in [1.54, 1.807) is 6.07 Å². The summed E-state index contributed by atoms with van der Waals surface area (Å²) >= 11 is 0. The van der Waals surface area contributed by atoms with Crippen molar-refractivity contribution in [1.82, 2.24) is 10.3 Å². The van der Waals surface area contributed by atoms with Crippen molar-refractivity contribution in [3.63, 3.8) is 0 Å². The summed E-state index contributed by atoms with van der Waals surface area (Å²) in [5, 5.41) is 14.6. The summed E-state index contributed by atoms with van der Waals surface area (Å²) < 4.78 is 0. The van der Waals surface area contributed by atoms with Crippen LogP contribution in [0.4, 0.5) is 5.69 Å². The van der Waals surface area contributed by atoms with Gasteiger partial charge in [0.15, 0.2) is 0 Å². The van der Waals surface area contributed by atoms with Crippen molar-refractivity contribution >= 4 is 17.6 Å². The monoisotopic (exact) mass is 249 g/mol. The molecule has 0 radical (unpaired) electrons. The van der Waals surface area contributed by atoms with Gasteiger partial charge in [-0.05, 0) is 31.5 Å². The number of carboxylic acid groups (broad SMARTS) is 1. The number of carboxylic acids is 1. The van der Waals surface area contributed by atoms with E-state index in [0.29, 0.717) is 12.2 Å². The van der Waals surface area contributed by atoms with Crippen molar-refractivity contribution in [1.29, 1.82) is 0 Å². The van der Waals surface area contributed by atoms with Crippen LogP contribution in [0, 0.1) is 5.92 Å². The Kier molecular flexibility index (Phi) is 3.88. The Morgan fingerprint density at radius 2 is 2.28 bits per heavy atom. The van der Waals surface area contributed by atoms with E-state index in [1.807, 2.05) is 0 Å². The van der Waals surface area contributed by atoms with E-state index >= 15 is 0 Å². The van der Waals surface area contributed by atoms with E-state index in [-0.39, 0.29) is 17.5 Å². The normalized spacial score (nSPS) is 19.2. The number of hydrogen-bond donors (Lipinski definition) is 3. The van der Waals surface area contributed by atoms with Crippen LogP contribution < -0.4 is 10.6 Å². The van der Waals surface area contributed by atoms with Gasteiger partial charge in [0.1, 0.15) is 5.69 Å². The fourth-order valence-electron chi connectivity index (χ4n) is 1.91. The first-order valence-corrected chi connectivity index (χ1v) is 5.88. The molecule has 18 heavy (non-hydrogen) atoms. The van der Waals surface area contributed by atoms with Crippen LogP contribution in [0.1, 0.15) is 23.3 Å². The second-order valence-electron chi connectivity index (χ2n) is 4.27. The number of aromatic nitrogens is 1. The predicted molar refractivity (Wildman–Crippen MR) is 65.4 cm³/mol. The minimum Gasteiger partial charge on any atom is -0.477 e. The van der Waals surface area contributed by atoms with Crippen LogP contribution in [0.3, 0.4) is 0 Å².